The predicted octanol–water partition coefficient (Wildman–Crippen LogP) is 1.43. The number of furan rings is 1. The maximum Gasteiger partial charge on any atom is 0.169 e. The van der Waals surface area contributed by atoms with Crippen LogP contribution in [0.15, 0.2) is 21.4 Å². The fraction of sp³-hybridized carbons (Fsp3) is 0.556. The van der Waals surface area contributed by atoms with Gasteiger partial charge in [-0.15, -0.1) is 0 Å². The molecule has 0 aromatic carbocycles. The molecule has 0 saturated carbocycles. The molecule has 2 N–H and O–H groups in total. The molecule has 0 bridgehead atoms. The highest BCUT2D eigenvalue weighted by Crippen LogP contribution is 2.20. The van der Waals surface area contributed by atoms with Crippen molar-refractivity contribution in [2.45, 2.75) is 6.54 Å². The van der Waals surface area contributed by atoms with Crippen molar-refractivity contribution in [3.8, 4) is 0 Å². The number of halogens is 1. The zero-order chi connectivity index (χ0) is 9.26. The second kappa shape index (κ2) is 3.82. The van der Waals surface area contributed by atoms with Gasteiger partial charge in [0.05, 0.1) is 6.26 Å². The molecule has 13 heavy (non-hydrogen) atoms. The molecule has 0 amide bonds. The summed E-state index contributed by atoms with van der Waals surface area (Å²) in [4.78, 5) is 2.37. The molecule has 0 unspecified atom stereocenters. The molecule has 2 heterocycles. The summed E-state index contributed by atoms with van der Waals surface area (Å²) in [6, 6.07) is 2.01. The molecule has 1 fully saturated rings. The van der Waals surface area contributed by atoms with Gasteiger partial charge < -0.3 is 10.2 Å². The van der Waals surface area contributed by atoms with Crippen molar-refractivity contribution in [1.82, 2.24) is 4.90 Å². The summed E-state index contributed by atoms with van der Waals surface area (Å²) in [5.41, 5.74) is 6.77. The summed E-state index contributed by atoms with van der Waals surface area (Å²) in [6.45, 7) is 4.04. The minimum Gasteiger partial charge on any atom is -0.457 e. The molecule has 1 saturated heterocycles. The highest BCUT2D eigenvalue weighted by atomic mass is 79.9. The fourth-order valence-electron chi connectivity index (χ4n) is 1.64. The standard InChI is InChI=1S/C9H13BrN2O/c10-9-1-7(6-13-9)3-12-4-8(2-11)5-12/h1,6,8H,2-5,11H2. The number of rotatable bonds is 3. The Kier molecular flexibility index (Phi) is 2.71. The van der Waals surface area contributed by atoms with E-state index in [0.717, 1.165) is 30.8 Å². The molecule has 0 aliphatic carbocycles. The molecule has 1 aromatic heterocycles. The van der Waals surface area contributed by atoms with Crippen LogP contribution in [0.1, 0.15) is 5.56 Å². The Morgan fingerprint density at radius 3 is 2.92 bits per heavy atom. The highest BCUT2D eigenvalue weighted by Gasteiger charge is 2.25. The first-order chi connectivity index (χ1) is 6.28. The zero-order valence-corrected chi connectivity index (χ0v) is 8.96. The quantitative estimate of drug-likeness (QED) is 0.875. The SMILES string of the molecule is NCC1CN(Cc2coc(Br)c2)C1. The highest BCUT2D eigenvalue weighted by molar-refractivity contribution is 9.10. The maximum absolute atomic E-state index is 5.54. The molecule has 3 nitrogen and oxygen atoms in total. The van der Waals surface area contributed by atoms with Gasteiger partial charge in [0.2, 0.25) is 0 Å². The van der Waals surface area contributed by atoms with Crippen molar-refractivity contribution in [3.63, 3.8) is 0 Å². The van der Waals surface area contributed by atoms with Gasteiger partial charge in [-0.1, -0.05) is 0 Å². The molecular formula is C9H13BrN2O. The van der Waals surface area contributed by atoms with E-state index in [1.165, 1.54) is 5.56 Å². The van der Waals surface area contributed by atoms with E-state index in [1.54, 1.807) is 6.26 Å². The van der Waals surface area contributed by atoms with Gasteiger partial charge in [0.15, 0.2) is 4.67 Å². The van der Waals surface area contributed by atoms with Crippen molar-refractivity contribution in [1.29, 1.82) is 0 Å². The molecule has 1 aromatic rings. The van der Waals surface area contributed by atoms with Gasteiger partial charge in [-0.05, 0) is 34.5 Å². The van der Waals surface area contributed by atoms with Crippen LogP contribution in [-0.4, -0.2) is 24.5 Å². The van der Waals surface area contributed by atoms with E-state index < -0.39 is 0 Å². The monoisotopic (exact) mass is 244 g/mol. The van der Waals surface area contributed by atoms with Crippen LogP contribution < -0.4 is 5.73 Å². The van der Waals surface area contributed by atoms with E-state index >= 15 is 0 Å². The summed E-state index contributed by atoms with van der Waals surface area (Å²) in [5, 5.41) is 0. The van der Waals surface area contributed by atoms with Crippen molar-refractivity contribution < 1.29 is 4.42 Å². The first-order valence-electron chi connectivity index (χ1n) is 4.43. The largest absolute Gasteiger partial charge is 0.457 e. The van der Waals surface area contributed by atoms with Crippen LogP contribution in [0.25, 0.3) is 0 Å². The third kappa shape index (κ3) is 2.13. The maximum atomic E-state index is 5.54. The Hall–Kier alpha value is -0.320. The minimum atomic E-state index is 0.704. The molecule has 4 heteroatoms. The Balaban J connectivity index is 1.81. The summed E-state index contributed by atoms with van der Waals surface area (Å²) >= 11 is 3.28. The average Bonchev–Trinajstić information content (AvgIpc) is 2.43. The second-order valence-corrected chi connectivity index (χ2v) is 4.34. The molecular weight excluding hydrogens is 232 g/mol. The Morgan fingerprint density at radius 2 is 2.38 bits per heavy atom. The van der Waals surface area contributed by atoms with E-state index in [0.29, 0.717) is 5.92 Å². The smallest absolute Gasteiger partial charge is 0.169 e. The fourth-order valence-corrected chi connectivity index (χ4v) is 2.03. The van der Waals surface area contributed by atoms with E-state index in [9.17, 15) is 0 Å². The van der Waals surface area contributed by atoms with Crippen LogP contribution in [0, 0.1) is 5.92 Å². The van der Waals surface area contributed by atoms with Gasteiger partial charge in [-0.2, -0.15) is 0 Å². The first kappa shape index (κ1) is 9.24. The lowest BCUT2D eigenvalue weighted by molar-refractivity contribution is 0.0977. The van der Waals surface area contributed by atoms with Crippen LogP contribution in [0.4, 0.5) is 0 Å². The molecule has 0 spiro atoms. The Morgan fingerprint density at radius 1 is 1.62 bits per heavy atom. The van der Waals surface area contributed by atoms with Crippen LogP contribution in [0.5, 0.6) is 0 Å². The Bertz CT molecular complexity index is 281. The predicted molar refractivity (Wildman–Crippen MR) is 54.2 cm³/mol. The number of hydrogen-bond acceptors (Lipinski definition) is 3. The molecule has 2 rings (SSSR count). The second-order valence-electron chi connectivity index (χ2n) is 3.55. The van der Waals surface area contributed by atoms with Gasteiger partial charge in [-0.25, -0.2) is 0 Å². The van der Waals surface area contributed by atoms with Crippen LogP contribution in [0.2, 0.25) is 0 Å². The Labute approximate surface area is 86.0 Å². The van der Waals surface area contributed by atoms with Crippen LogP contribution in [0.3, 0.4) is 0 Å². The van der Waals surface area contributed by atoms with Gasteiger partial charge in [0, 0.05) is 25.2 Å². The van der Waals surface area contributed by atoms with Gasteiger partial charge in [0.1, 0.15) is 0 Å². The van der Waals surface area contributed by atoms with Crippen LogP contribution in [-0.2, 0) is 6.54 Å². The van der Waals surface area contributed by atoms with E-state index in [1.807, 2.05) is 6.07 Å². The number of likely N-dealkylation sites (tertiary alicyclic amines) is 1. The molecule has 72 valence electrons. The van der Waals surface area contributed by atoms with Crippen molar-refractivity contribution in [2.24, 2.45) is 11.7 Å². The van der Waals surface area contributed by atoms with Crippen molar-refractivity contribution in [2.75, 3.05) is 19.6 Å². The third-order valence-electron chi connectivity index (χ3n) is 2.39. The molecule has 0 radical (unpaired) electrons. The van der Waals surface area contributed by atoms with Crippen molar-refractivity contribution in [3.05, 3.63) is 22.6 Å². The van der Waals surface area contributed by atoms with E-state index in [-0.39, 0.29) is 0 Å². The number of hydrogen-bond donors (Lipinski definition) is 1. The lowest BCUT2D eigenvalue weighted by Gasteiger charge is -2.38. The summed E-state index contributed by atoms with van der Waals surface area (Å²) in [7, 11) is 0. The first-order valence-corrected chi connectivity index (χ1v) is 5.22. The lowest BCUT2D eigenvalue weighted by atomic mass is 10.0. The summed E-state index contributed by atoms with van der Waals surface area (Å²) < 4.78 is 5.96. The molecule has 1 aliphatic rings. The van der Waals surface area contributed by atoms with Crippen LogP contribution >= 0.6 is 15.9 Å². The minimum absolute atomic E-state index is 0.704. The van der Waals surface area contributed by atoms with Gasteiger partial charge in [0.25, 0.3) is 0 Å². The third-order valence-corrected chi connectivity index (χ3v) is 2.81. The molecule has 1 aliphatic heterocycles. The summed E-state index contributed by atoms with van der Waals surface area (Å²) in [5.74, 6) is 0.704. The zero-order valence-electron chi connectivity index (χ0n) is 7.37. The van der Waals surface area contributed by atoms with Crippen molar-refractivity contribution >= 4 is 15.9 Å². The number of nitrogens with zero attached hydrogens (tertiary/aromatic N) is 1. The molecule has 0 atom stereocenters. The van der Waals surface area contributed by atoms with Gasteiger partial charge >= 0.3 is 0 Å². The lowest BCUT2D eigenvalue weighted by Crippen LogP contribution is -2.48. The summed E-state index contributed by atoms with van der Waals surface area (Å²) in [6.07, 6.45) is 1.79. The number of nitrogens with two attached hydrogens (primary N) is 1. The van der Waals surface area contributed by atoms with E-state index in [2.05, 4.69) is 20.8 Å². The normalized spacial score (nSPS) is 18.9. The topological polar surface area (TPSA) is 42.4 Å². The average molecular weight is 245 g/mol. The van der Waals surface area contributed by atoms with Gasteiger partial charge in [-0.3, -0.25) is 4.90 Å². The van der Waals surface area contributed by atoms with E-state index in [4.69, 9.17) is 10.2 Å².